The third-order valence-corrected chi connectivity index (χ3v) is 7.49. The molecule has 31 heavy (non-hydrogen) atoms. The van der Waals surface area contributed by atoms with E-state index in [9.17, 15) is 9.59 Å². The van der Waals surface area contributed by atoms with Gasteiger partial charge in [0.2, 0.25) is 11.8 Å². The number of rotatable bonds is 4. The number of carbonyl (C=O) groups excluding carboxylic acids is 2. The van der Waals surface area contributed by atoms with E-state index in [1.807, 2.05) is 24.3 Å². The lowest BCUT2D eigenvalue weighted by molar-refractivity contribution is -0.124. The zero-order valence-corrected chi connectivity index (χ0v) is 18.6. The van der Waals surface area contributed by atoms with Gasteiger partial charge in [0, 0.05) is 25.1 Å². The molecule has 1 saturated heterocycles. The Balaban J connectivity index is 0.00000231. The van der Waals surface area contributed by atoms with E-state index in [1.165, 1.54) is 18.4 Å². The standard InChI is InChI=1S/C25H29N3O2.ClH/c26-24(30)22-17-19-6-2-4-8-21(19)28(22)23(29)10-14-27-15-12-25(13-16-27)11-9-18-5-1-3-7-20(18)25;/h1-8,22H,9-17H2,(H2,26,30);1H. The summed E-state index contributed by atoms with van der Waals surface area (Å²) >= 11 is 0. The van der Waals surface area contributed by atoms with Crippen molar-refractivity contribution in [3.05, 3.63) is 65.2 Å². The van der Waals surface area contributed by atoms with E-state index in [0.29, 0.717) is 18.3 Å². The first-order valence-electron chi connectivity index (χ1n) is 11.1. The fraction of sp³-hybridized carbons (Fsp3) is 0.440. The minimum Gasteiger partial charge on any atom is -0.368 e. The van der Waals surface area contributed by atoms with Crippen molar-refractivity contribution >= 4 is 29.9 Å². The number of fused-ring (bicyclic) bond motifs is 3. The van der Waals surface area contributed by atoms with Gasteiger partial charge in [-0.15, -0.1) is 12.4 Å². The molecule has 6 heteroatoms. The summed E-state index contributed by atoms with van der Waals surface area (Å²) in [5.41, 5.74) is 10.9. The third-order valence-electron chi connectivity index (χ3n) is 7.49. The summed E-state index contributed by atoms with van der Waals surface area (Å²) in [5.74, 6) is -0.436. The molecule has 2 N–H and O–H groups in total. The topological polar surface area (TPSA) is 66.6 Å². The number of para-hydroxylation sites is 1. The van der Waals surface area contributed by atoms with Crippen LogP contribution in [0.3, 0.4) is 0 Å². The Morgan fingerprint density at radius 2 is 1.65 bits per heavy atom. The third kappa shape index (κ3) is 3.85. The predicted molar refractivity (Wildman–Crippen MR) is 125 cm³/mol. The molecule has 1 atom stereocenters. The molecule has 2 aromatic rings. The van der Waals surface area contributed by atoms with Crippen LogP contribution < -0.4 is 10.6 Å². The molecule has 0 bridgehead atoms. The Labute approximate surface area is 190 Å². The molecule has 3 aliphatic rings. The zero-order valence-electron chi connectivity index (χ0n) is 17.8. The Kier molecular flexibility index (Phi) is 6.09. The van der Waals surface area contributed by atoms with Crippen molar-refractivity contribution in [3.8, 4) is 0 Å². The van der Waals surface area contributed by atoms with Crippen LogP contribution in [-0.2, 0) is 27.8 Å². The number of benzene rings is 2. The van der Waals surface area contributed by atoms with Crippen molar-refractivity contribution < 1.29 is 9.59 Å². The molecule has 2 aromatic carbocycles. The fourth-order valence-electron chi connectivity index (χ4n) is 5.78. The number of hydrogen-bond donors (Lipinski definition) is 1. The molecule has 5 nitrogen and oxygen atoms in total. The smallest absolute Gasteiger partial charge is 0.240 e. The number of carbonyl (C=O) groups is 2. The molecular weight excluding hydrogens is 410 g/mol. The summed E-state index contributed by atoms with van der Waals surface area (Å²) in [6.07, 6.45) is 5.70. The first kappa shape index (κ1) is 21.8. The average Bonchev–Trinajstić information content (AvgIpc) is 3.33. The van der Waals surface area contributed by atoms with Gasteiger partial charge in [0.25, 0.3) is 0 Å². The number of halogens is 1. The zero-order chi connectivity index (χ0) is 20.7. The van der Waals surface area contributed by atoms with Gasteiger partial charge in [-0.1, -0.05) is 42.5 Å². The summed E-state index contributed by atoms with van der Waals surface area (Å²) < 4.78 is 0. The quantitative estimate of drug-likeness (QED) is 0.795. The molecule has 1 fully saturated rings. The average molecular weight is 440 g/mol. The predicted octanol–water partition coefficient (Wildman–Crippen LogP) is 3.22. The van der Waals surface area contributed by atoms with E-state index in [2.05, 4.69) is 29.2 Å². The second kappa shape index (κ2) is 8.64. The van der Waals surface area contributed by atoms with Crippen LogP contribution in [0, 0.1) is 0 Å². The highest BCUT2D eigenvalue weighted by molar-refractivity contribution is 6.03. The van der Waals surface area contributed by atoms with E-state index in [0.717, 1.165) is 43.7 Å². The number of nitrogens with two attached hydrogens (primary N) is 1. The van der Waals surface area contributed by atoms with Crippen molar-refractivity contribution in [1.82, 2.24) is 4.90 Å². The maximum Gasteiger partial charge on any atom is 0.240 e. The van der Waals surface area contributed by atoms with Gasteiger partial charge in [-0.3, -0.25) is 14.5 Å². The van der Waals surface area contributed by atoms with Crippen molar-refractivity contribution in [3.63, 3.8) is 0 Å². The lowest BCUT2D eigenvalue weighted by Crippen LogP contribution is -2.47. The highest BCUT2D eigenvalue weighted by Crippen LogP contribution is 2.46. The second-order valence-electron chi connectivity index (χ2n) is 9.04. The molecule has 1 spiro atoms. The van der Waals surface area contributed by atoms with Crippen LogP contribution in [0.25, 0.3) is 0 Å². The van der Waals surface area contributed by atoms with Crippen LogP contribution in [0.5, 0.6) is 0 Å². The summed E-state index contributed by atoms with van der Waals surface area (Å²) in [6.45, 7) is 2.79. The maximum absolute atomic E-state index is 13.1. The number of aryl methyl sites for hydroxylation is 1. The lowest BCUT2D eigenvalue weighted by Gasteiger charge is -2.40. The Bertz CT molecular complexity index is 984. The van der Waals surface area contributed by atoms with Gasteiger partial charge >= 0.3 is 0 Å². The molecule has 2 amide bonds. The van der Waals surface area contributed by atoms with Crippen LogP contribution in [0.2, 0.25) is 0 Å². The number of piperidine rings is 1. The first-order chi connectivity index (χ1) is 14.6. The fourth-order valence-corrected chi connectivity index (χ4v) is 5.78. The molecule has 0 saturated carbocycles. The largest absolute Gasteiger partial charge is 0.368 e. The molecule has 164 valence electrons. The van der Waals surface area contributed by atoms with Crippen molar-refractivity contribution in [2.45, 2.75) is 50.0 Å². The Hall–Kier alpha value is -2.37. The summed E-state index contributed by atoms with van der Waals surface area (Å²) in [6, 6.07) is 16.1. The minimum absolute atomic E-state index is 0. The van der Waals surface area contributed by atoms with Gasteiger partial charge in [-0.25, -0.2) is 0 Å². The highest BCUT2D eigenvalue weighted by atomic mass is 35.5. The van der Waals surface area contributed by atoms with Crippen molar-refractivity contribution in [2.24, 2.45) is 5.73 Å². The summed E-state index contributed by atoms with van der Waals surface area (Å²) in [7, 11) is 0. The minimum atomic E-state index is -0.561. The summed E-state index contributed by atoms with van der Waals surface area (Å²) in [5, 5.41) is 0. The first-order valence-corrected chi connectivity index (χ1v) is 11.1. The van der Waals surface area contributed by atoms with Gasteiger partial charge in [0.05, 0.1) is 0 Å². The molecule has 1 aliphatic carbocycles. The number of anilines is 1. The van der Waals surface area contributed by atoms with E-state index >= 15 is 0 Å². The van der Waals surface area contributed by atoms with Gasteiger partial charge in [0.1, 0.15) is 6.04 Å². The van der Waals surface area contributed by atoms with Crippen LogP contribution in [0.15, 0.2) is 48.5 Å². The van der Waals surface area contributed by atoms with Gasteiger partial charge in [-0.05, 0) is 66.9 Å². The SMILES string of the molecule is Cl.NC(=O)C1Cc2ccccc2N1C(=O)CCN1CCC2(CCc3ccccc32)CC1. The molecular formula is C25H30ClN3O2. The molecule has 2 aliphatic heterocycles. The van der Waals surface area contributed by atoms with Gasteiger partial charge in [0.15, 0.2) is 0 Å². The summed E-state index contributed by atoms with van der Waals surface area (Å²) in [4.78, 5) is 29.1. The van der Waals surface area contributed by atoms with E-state index in [1.54, 1.807) is 10.5 Å². The number of likely N-dealkylation sites (tertiary alicyclic amines) is 1. The molecule has 1 unspecified atom stereocenters. The number of nitrogens with zero attached hydrogens (tertiary/aromatic N) is 2. The van der Waals surface area contributed by atoms with E-state index in [4.69, 9.17) is 5.73 Å². The van der Waals surface area contributed by atoms with Crippen molar-refractivity contribution in [2.75, 3.05) is 24.5 Å². The number of primary amides is 1. The number of amides is 2. The van der Waals surface area contributed by atoms with Gasteiger partial charge < -0.3 is 10.6 Å². The van der Waals surface area contributed by atoms with Crippen LogP contribution in [0.1, 0.15) is 42.4 Å². The molecule has 5 rings (SSSR count). The monoisotopic (exact) mass is 439 g/mol. The molecule has 0 radical (unpaired) electrons. The molecule has 2 heterocycles. The lowest BCUT2D eigenvalue weighted by atomic mass is 9.74. The van der Waals surface area contributed by atoms with E-state index in [-0.39, 0.29) is 18.3 Å². The highest BCUT2D eigenvalue weighted by Gasteiger charge is 2.41. The van der Waals surface area contributed by atoms with Gasteiger partial charge in [-0.2, -0.15) is 0 Å². The van der Waals surface area contributed by atoms with Crippen LogP contribution in [0.4, 0.5) is 5.69 Å². The normalized spacial score (nSPS) is 21.4. The maximum atomic E-state index is 13.1. The van der Waals surface area contributed by atoms with Crippen LogP contribution in [-0.4, -0.2) is 42.4 Å². The Morgan fingerprint density at radius 3 is 2.39 bits per heavy atom. The molecule has 0 aromatic heterocycles. The van der Waals surface area contributed by atoms with Crippen molar-refractivity contribution in [1.29, 1.82) is 0 Å². The van der Waals surface area contributed by atoms with Crippen LogP contribution >= 0.6 is 12.4 Å². The van der Waals surface area contributed by atoms with E-state index < -0.39 is 11.9 Å². The second-order valence-corrected chi connectivity index (χ2v) is 9.04. The Morgan fingerprint density at radius 1 is 0.968 bits per heavy atom. The number of hydrogen-bond acceptors (Lipinski definition) is 3.